The molecule has 0 bridgehead atoms. The lowest BCUT2D eigenvalue weighted by Gasteiger charge is -2.21. The van der Waals surface area contributed by atoms with E-state index in [2.05, 4.69) is 10.6 Å². The monoisotopic (exact) mass is 216 g/mol. The number of hydrogen-bond acceptors (Lipinski definition) is 3. The lowest BCUT2D eigenvalue weighted by molar-refractivity contribution is -0.141. The minimum atomic E-state index is -1.02. The van der Waals surface area contributed by atoms with Crippen molar-refractivity contribution in [2.24, 2.45) is 5.41 Å². The number of aliphatic carboxylic acids is 1. The molecule has 0 aromatic rings. The van der Waals surface area contributed by atoms with Crippen molar-refractivity contribution in [1.82, 2.24) is 10.6 Å². The quantitative estimate of drug-likeness (QED) is 0.614. The van der Waals surface area contributed by atoms with Crippen LogP contribution in [0, 0.1) is 5.41 Å². The van der Waals surface area contributed by atoms with Gasteiger partial charge in [-0.2, -0.15) is 0 Å². The normalized spacial score (nSPS) is 13.3. The molecule has 0 aliphatic heterocycles. The van der Waals surface area contributed by atoms with E-state index in [4.69, 9.17) is 5.11 Å². The molecule has 0 fully saturated rings. The molecule has 15 heavy (non-hydrogen) atoms. The molecule has 3 N–H and O–H groups in total. The van der Waals surface area contributed by atoms with Gasteiger partial charge in [0.2, 0.25) is 5.91 Å². The number of carbonyl (C=O) groups is 2. The second-order valence-corrected chi connectivity index (χ2v) is 4.78. The van der Waals surface area contributed by atoms with Crippen molar-refractivity contribution in [3.05, 3.63) is 0 Å². The van der Waals surface area contributed by atoms with Crippen LogP contribution in [0.1, 0.15) is 27.7 Å². The summed E-state index contributed by atoms with van der Waals surface area (Å²) < 4.78 is 0. The summed E-state index contributed by atoms with van der Waals surface area (Å²) in [6.07, 6.45) is 0. The summed E-state index contributed by atoms with van der Waals surface area (Å²) >= 11 is 0. The molecule has 0 aromatic carbocycles. The molecule has 0 aromatic heterocycles. The van der Waals surface area contributed by atoms with Crippen molar-refractivity contribution < 1.29 is 14.7 Å². The molecule has 0 spiro atoms. The van der Waals surface area contributed by atoms with E-state index in [0.717, 1.165) is 0 Å². The number of carboxylic acids is 1. The van der Waals surface area contributed by atoms with Gasteiger partial charge in [-0.05, 0) is 5.41 Å². The van der Waals surface area contributed by atoms with Crippen LogP contribution < -0.4 is 10.6 Å². The number of amides is 1. The molecule has 0 aliphatic carbocycles. The first kappa shape index (κ1) is 13.9. The van der Waals surface area contributed by atoms with Gasteiger partial charge >= 0.3 is 5.97 Å². The maximum Gasteiger partial charge on any atom is 0.327 e. The standard InChI is InChI=1S/C10H20N2O3/c1-7(13)12-8(9(14)15)5-11-6-10(2,3)4/h8,11H,5-6H2,1-4H3,(H,12,13)(H,14,15). The van der Waals surface area contributed by atoms with Crippen LogP contribution in [0.2, 0.25) is 0 Å². The smallest absolute Gasteiger partial charge is 0.327 e. The minimum Gasteiger partial charge on any atom is -0.480 e. The highest BCUT2D eigenvalue weighted by molar-refractivity contribution is 5.82. The molecule has 88 valence electrons. The van der Waals surface area contributed by atoms with Gasteiger partial charge in [0.25, 0.3) is 0 Å². The van der Waals surface area contributed by atoms with Gasteiger partial charge in [0.15, 0.2) is 0 Å². The van der Waals surface area contributed by atoms with Crippen LogP contribution in [0.4, 0.5) is 0 Å². The molecular weight excluding hydrogens is 196 g/mol. The lowest BCUT2D eigenvalue weighted by Crippen LogP contribution is -2.47. The third-order valence-electron chi connectivity index (χ3n) is 1.68. The van der Waals surface area contributed by atoms with Gasteiger partial charge in [0.1, 0.15) is 6.04 Å². The van der Waals surface area contributed by atoms with E-state index in [0.29, 0.717) is 6.54 Å². The first-order valence-corrected chi connectivity index (χ1v) is 4.93. The second kappa shape index (κ2) is 5.70. The fourth-order valence-corrected chi connectivity index (χ4v) is 1.04. The summed E-state index contributed by atoms with van der Waals surface area (Å²) in [4.78, 5) is 21.5. The summed E-state index contributed by atoms with van der Waals surface area (Å²) in [7, 11) is 0. The van der Waals surface area contributed by atoms with Crippen molar-refractivity contribution in [3.8, 4) is 0 Å². The molecule has 0 radical (unpaired) electrons. The van der Waals surface area contributed by atoms with Crippen molar-refractivity contribution >= 4 is 11.9 Å². The Kier molecular flexibility index (Phi) is 5.28. The van der Waals surface area contributed by atoms with Crippen LogP contribution in [0.15, 0.2) is 0 Å². The van der Waals surface area contributed by atoms with E-state index in [1.807, 2.05) is 20.8 Å². The number of carboxylic acid groups (broad SMARTS) is 1. The Labute approximate surface area is 90.2 Å². The van der Waals surface area contributed by atoms with Crippen molar-refractivity contribution in [1.29, 1.82) is 0 Å². The molecule has 0 saturated heterocycles. The SMILES string of the molecule is CC(=O)NC(CNCC(C)(C)C)C(=O)O. The van der Waals surface area contributed by atoms with E-state index >= 15 is 0 Å². The van der Waals surface area contributed by atoms with E-state index in [9.17, 15) is 9.59 Å². The van der Waals surface area contributed by atoms with Crippen LogP contribution in [0.3, 0.4) is 0 Å². The zero-order valence-electron chi connectivity index (χ0n) is 9.76. The first-order chi connectivity index (χ1) is 6.72. The molecular formula is C10H20N2O3. The Morgan fingerprint density at radius 3 is 2.20 bits per heavy atom. The van der Waals surface area contributed by atoms with E-state index < -0.39 is 12.0 Å². The molecule has 1 atom stereocenters. The van der Waals surface area contributed by atoms with Crippen LogP contribution in [0.25, 0.3) is 0 Å². The number of carbonyl (C=O) groups excluding carboxylic acids is 1. The van der Waals surface area contributed by atoms with Crippen molar-refractivity contribution in [2.75, 3.05) is 13.1 Å². The summed E-state index contributed by atoms with van der Waals surface area (Å²) in [5.41, 5.74) is 0.0965. The first-order valence-electron chi connectivity index (χ1n) is 4.93. The average molecular weight is 216 g/mol. The van der Waals surface area contributed by atoms with Crippen LogP contribution in [-0.2, 0) is 9.59 Å². The van der Waals surface area contributed by atoms with Crippen LogP contribution in [0.5, 0.6) is 0 Å². The predicted octanol–water partition coefficient (Wildman–Crippen LogP) is 0.211. The Balaban J connectivity index is 3.98. The Morgan fingerprint density at radius 2 is 1.87 bits per heavy atom. The minimum absolute atomic E-state index is 0.0965. The Morgan fingerprint density at radius 1 is 1.33 bits per heavy atom. The maximum absolute atomic E-state index is 10.7. The van der Waals surface area contributed by atoms with Gasteiger partial charge < -0.3 is 15.7 Å². The number of rotatable bonds is 5. The molecule has 0 aliphatic rings. The highest BCUT2D eigenvalue weighted by atomic mass is 16.4. The molecule has 5 heteroatoms. The van der Waals surface area contributed by atoms with E-state index in [1.54, 1.807) is 0 Å². The van der Waals surface area contributed by atoms with Crippen LogP contribution in [-0.4, -0.2) is 36.1 Å². The van der Waals surface area contributed by atoms with Gasteiger partial charge in [0.05, 0.1) is 0 Å². The third-order valence-corrected chi connectivity index (χ3v) is 1.68. The third kappa shape index (κ3) is 7.93. The zero-order chi connectivity index (χ0) is 12.1. The van der Waals surface area contributed by atoms with Crippen molar-refractivity contribution in [2.45, 2.75) is 33.7 Å². The Bertz CT molecular complexity index is 233. The number of hydrogen-bond donors (Lipinski definition) is 3. The average Bonchev–Trinajstić information content (AvgIpc) is 1.99. The largest absolute Gasteiger partial charge is 0.480 e. The second-order valence-electron chi connectivity index (χ2n) is 4.78. The molecule has 5 nitrogen and oxygen atoms in total. The molecule has 0 heterocycles. The summed E-state index contributed by atoms with van der Waals surface area (Å²) in [6, 6.07) is -0.857. The summed E-state index contributed by atoms with van der Waals surface area (Å²) in [5.74, 6) is -1.36. The van der Waals surface area contributed by atoms with E-state index in [1.165, 1.54) is 6.92 Å². The van der Waals surface area contributed by atoms with Gasteiger partial charge in [-0.25, -0.2) is 4.79 Å². The van der Waals surface area contributed by atoms with Gasteiger partial charge in [-0.1, -0.05) is 20.8 Å². The topological polar surface area (TPSA) is 78.4 Å². The van der Waals surface area contributed by atoms with Gasteiger partial charge in [0, 0.05) is 20.0 Å². The predicted molar refractivity (Wildman–Crippen MR) is 57.6 cm³/mol. The fourth-order valence-electron chi connectivity index (χ4n) is 1.04. The zero-order valence-corrected chi connectivity index (χ0v) is 9.76. The highest BCUT2D eigenvalue weighted by Gasteiger charge is 2.18. The van der Waals surface area contributed by atoms with Crippen LogP contribution >= 0.6 is 0 Å². The Hall–Kier alpha value is -1.10. The molecule has 0 rings (SSSR count). The summed E-state index contributed by atoms with van der Waals surface area (Å²) in [5, 5.41) is 14.2. The lowest BCUT2D eigenvalue weighted by atomic mass is 9.97. The fraction of sp³-hybridized carbons (Fsp3) is 0.800. The maximum atomic E-state index is 10.7. The van der Waals surface area contributed by atoms with Gasteiger partial charge in [-0.15, -0.1) is 0 Å². The van der Waals surface area contributed by atoms with Gasteiger partial charge in [-0.3, -0.25) is 4.79 Å². The molecule has 1 unspecified atom stereocenters. The van der Waals surface area contributed by atoms with Crippen molar-refractivity contribution in [3.63, 3.8) is 0 Å². The molecule has 0 saturated carbocycles. The highest BCUT2D eigenvalue weighted by Crippen LogP contribution is 2.09. The number of nitrogens with one attached hydrogen (secondary N) is 2. The summed E-state index contributed by atoms with van der Waals surface area (Å²) in [6.45, 7) is 8.40. The molecule has 1 amide bonds. The van der Waals surface area contributed by atoms with E-state index in [-0.39, 0.29) is 17.9 Å².